The molecule has 2 unspecified atom stereocenters. The van der Waals surface area contributed by atoms with Gasteiger partial charge in [-0.1, -0.05) is 19.3 Å². The zero-order valence-corrected chi connectivity index (χ0v) is 15.4. The van der Waals surface area contributed by atoms with Crippen molar-refractivity contribution in [2.45, 2.75) is 50.5 Å². The van der Waals surface area contributed by atoms with Crippen LogP contribution in [0.25, 0.3) is 0 Å². The molecule has 1 aromatic carbocycles. The fraction of sp³-hybridized carbons (Fsp3) is 0.600. The Kier molecular flexibility index (Phi) is 5.69. The van der Waals surface area contributed by atoms with E-state index in [0.717, 1.165) is 49.2 Å². The molecule has 6 nitrogen and oxygen atoms in total. The third kappa shape index (κ3) is 3.94. The quantitative estimate of drug-likeness (QED) is 0.761. The highest BCUT2D eigenvalue weighted by Gasteiger charge is 2.46. The topological polar surface area (TPSA) is 84.9 Å². The van der Waals surface area contributed by atoms with Gasteiger partial charge in [0, 0.05) is 23.4 Å². The molecule has 0 aliphatic heterocycles. The molecular weight excluding hydrogens is 334 g/mol. The molecule has 2 N–H and O–H groups in total. The first-order chi connectivity index (χ1) is 12.5. The number of hydrogen-bond donors (Lipinski definition) is 2. The van der Waals surface area contributed by atoms with Crippen molar-refractivity contribution in [1.29, 1.82) is 0 Å². The molecule has 2 aliphatic rings. The number of carboxylic acids is 1. The van der Waals surface area contributed by atoms with Crippen LogP contribution in [0.5, 0.6) is 11.5 Å². The van der Waals surface area contributed by atoms with Crippen LogP contribution in [-0.4, -0.2) is 37.2 Å². The first kappa shape index (κ1) is 18.5. The van der Waals surface area contributed by atoms with Gasteiger partial charge in [-0.3, -0.25) is 9.59 Å². The number of carboxylic acid groups (broad SMARTS) is 1. The number of ether oxygens (including phenoxy) is 2. The molecule has 0 saturated heterocycles. The Labute approximate surface area is 153 Å². The average molecular weight is 361 g/mol. The predicted molar refractivity (Wildman–Crippen MR) is 96.5 cm³/mol. The van der Waals surface area contributed by atoms with E-state index in [0.29, 0.717) is 6.42 Å². The van der Waals surface area contributed by atoms with E-state index in [-0.39, 0.29) is 23.8 Å². The normalized spacial score (nSPS) is 27.9. The summed E-state index contributed by atoms with van der Waals surface area (Å²) in [6, 6.07) is 5.34. The van der Waals surface area contributed by atoms with E-state index in [2.05, 4.69) is 5.32 Å². The monoisotopic (exact) mass is 361 g/mol. The highest BCUT2D eigenvalue weighted by molar-refractivity contribution is 5.84. The van der Waals surface area contributed by atoms with E-state index in [1.807, 2.05) is 18.2 Å². The van der Waals surface area contributed by atoms with E-state index in [1.54, 1.807) is 14.2 Å². The first-order valence-electron chi connectivity index (χ1n) is 9.30. The molecule has 1 aromatic rings. The Morgan fingerprint density at radius 3 is 2.54 bits per heavy atom. The summed E-state index contributed by atoms with van der Waals surface area (Å²) in [6.07, 6.45) is 5.03. The van der Waals surface area contributed by atoms with Gasteiger partial charge in [0.1, 0.15) is 11.5 Å². The molecule has 2 aliphatic carbocycles. The van der Waals surface area contributed by atoms with Crippen LogP contribution in [0.4, 0.5) is 0 Å². The third-order valence-corrected chi connectivity index (χ3v) is 5.62. The van der Waals surface area contributed by atoms with Crippen LogP contribution >= 0.6 is 0 Å². The van der Waals surface area contributed by atoms with Crippen LogP contribution in [0.15, 0.2) is 18.2 Å². The minimum atomic E-state index is -0.806. The zero-order chi connectivity index (χ0) is 18.7. The van der Waals surface area contributed by atoms with Gasteiger partial charge >= 0.3 is 5.97 Å². The summed E-state index contributed by atoms with van der Waals surface area (Å²) in [7, 11) is 3.23. The molecule has 0 radical (unpaired) electrons. The standard InChI is InChI=1S/C20H27NO5/c1-25-12-8-9-18(26-2)15(10-12)14-11-16(14)19(22)21-17-7-5-3-4-6-13(17)20(23)24/h8-10,13-14,16-17H,3-7,11H2,1-2H3,(H,21,22)(H,23,24)/t13-,14?,16?,17+/m1/s1. The van der Waals surface area contributed by atoms with Gasteiger partial charge in [0.15, 0.2) is 0 Å². The van der Waals surface area contributed by atoms with Crippen LogP contribution in [-0.2, 0) is 9.59 Å². The number of nitrogens with one attached hydrogen (secondary N) is 1. The maximum absolute atomic E-state index is 12.7. The Bertz CT molecular complexity index is 674. The first-order valence-corrected chi connectivity index (χ1v) is 9.30. The second-order valence-corrected chi connectivity index (χ2v) is 7.25. The number of carbonyl (C=O) groups excluding carboxylic acids is 1. The highest BCUT2D eigenvalue weighted by Crippen LogP contribution is 2.51. The maximum atomic E-state index is 12.7. The summed E-state index contributed by atoms with van der Waals surface area (Å²) >= 11 is 0. The molecule has 142 valence electrons. The number of aliphatic carboxylic acids is 1. The van der Waals surface area contributed by atoms with E-state index in [9.17, 15) is 14.7 Å². The van der Waals surface area contributed by atoms with Crippen LogP contribution in [0, 0.1) is 11.8 Å². The molecule has 0 bridgehead atoms. The zero-order valence-electron chi connectivity index (χ0n) is 15.4. The second kappa shape index (κ2) is 7.98. The lowest BCUT2D eigenvalue weighted by molar-refractivity contribution is -0.143. The fourth-order valence-electron chi connectivity index (χ4n) is 4.02. The van der Waals surface area contributed by atoms with Crippen molar-refractivity contribution in [3.05, 3.63) is 23.8 Å². The number of amides is 1. The molecule has 0 aromatic heterocycles. The highest BCUT2D eigenvalue weighted by atomic mass is 16.5. The summed E-state index contributed by atoms with van der Waals surface area (Å²) < 4.78 is 10.7. The fourth-order valence-corrected chi connectivity index (χ4v) is 4.02. The van der Waals surface area contributed by atoms with E-state index >= 15 is 0 Å². The molecule has 26 heavy (non-hydrogen) atoms. The third-order valence-electron chi connectivity index (χ3n) is 5.62. The van der Waals surface area contributed by atoms with Gasteiger partial charge < -0.3 is 19.9 Å². The van der Waals surface area contributed by atoms with Crippen LogP contribution in [0.1, 0.15) is 50.0 Å². The number of methoxy groups -OCH3 is 2. The van der Waals surface area contributed by atoms with Crippen molar-refractivity contribution in [3.63, 3.8) is 0 Å². The predicted octanol–water partition coefficient (Wildman–Crippen LogP) is 2.96. The van der Waals surface area contributed by atoms with Gasteiger partial charge in [-0.2, -0.15) is 0 Å². The van der Waals surface area contributed by atoms with Crippen LogP contribution in [0.2, 0.25) is 0 Å². The summed E-state index contributed by atoms with van der Waals surface area (Å²) in [4.78, 5) is 24.3. The van der Waals surface area contributed by atoms with E-state index in [4.69, 9.17) is 9.47 Å². The van der Waals surface area contributed by atoms with Gasteiger partial charge in [0.05, 0.1) is 20.1 Å². The Balaban J connectivity index is 1.68. The average Bonchev–Trinajstić information content (AvgIpc) is 3.45. The summed E-state index contributed by atoms with van der Waals surface area (Å²) in [5.41, 5.74) is 0.975. The van der Waals surface area contributed by atoms with Gasteiger partial charge in [0.25, 0.3) is 0 Å². The number of hydrogen-bond acceptors (Lipinski definition) is 4. The van der Waals surface area contributed by atoms with Gasteiger partial charge in [-0.25, -0.2) is 0 Å². The minimum absolute atomic E-state index is 0.0435. The lowest BCUT2D eigenvalue weighted by Crippen LogP contribution is -2.43. The largest absolute Gasteiger partial charge is 0.497 e. The Morgan fingerprint density at radius 2 is 1.85 bits per heavy atom. The van der Waals surface area contributed by atoms with Crippen molar-refractivity contribution < 1.29 is 24.2 Å². The smallest absolute Gasteiger partial charge is 0.308 e. The lowest BCUT2D eigenvalue weighted by atomic mass is 9.94. The van der Waals surface area contributed by atoms with Gasteiger partial charge in [0.2, 0.25) is 5.91 Å². The number of rotatable bonds is 6. The van der Waals surface area contributed by atoms with Crippen molar-refractivity contribution in [3.8, 4) is 11.5 Å². The Morgan fingerprint density at radius 1 is 1.08 bits per heavy atom. The second-order valence-electron chi connectivity index (χ2n) is 7.25. The SMILES string of the molecule is COc1ccc(OC)c(C2CC2C(=O)N[C@H]2CCCCC[C@H]2C(=O)O)c1. The van der Waals surface area contributed by atoms with Crippen LogP contribution < -0.4 is 14.8 Å². The molecule has 2 saturated carbocycles. The molecule has 0 heterocycles. The molecular formula is C20H27NO5. The van der Waals surface area contributed by atoms with E-state index in [1.165, 1.54) is 0 Å². The van der Waals surface area contributed by atoms with E-state index < -0.39 is 11.9 Å². The van der Waals surface area contributed by atoms with Crippen molar-refractivity contribution in [2.24, 2.45) is 11.8 Å². The van der Waals surface area contributed by atoms with Crippen LogP contribution in [0.3, 0.4) is 0 Å². The molecule has 2 fully saturated rings. The molecule has 4 atom stereocenters. The summed E-state index contributed by atoms with van der Waals surface area (Å²) in [5, 5.41) is 12.5. The maximum Gasteiger partial charge on any atom is 0.308 e. The minimum Gasteiger partial charge on any atom is -0.497 e. The number of benzene rings is 1. The van der Waals surface area contributed by atoms with Crippen molar-refractivity contribution >= 4 is 11.9 Å². The molecule has 6 heteroatoms. The van der Waals surface area contributed by atoms with Gasteiger partial charge in [-0.15, -0.1) is 0 Å². The lowest BCUT2D eigenvalue weighted by Gasteiger charge is -2.23. The molecule has 1 amide bonds. The van der Waals surface area contributed by atoms with Gasteiger partial charge in [-0.05, 0) is 37.5 Å². The van der Waals surface area contributed by atoms with Crippen molar-refractivity contribution in [1.82, 2.24) is 5.32 Å². The summed E-state index contributed by atoms with van der Waals surface area (Å²) in [6.45, 7) is 0. The van der Waals surface area contributed by atoms with Crippen molar-refractivity contribution in [2.75, 3.05) is 14.2 Å². The number of carbonyl (C=O) groups is 2. The Hall–Kier alpha value is -2.24. The molecule has 3 rings (SSSR count). The summed E-state index contributed by atoms with van der Waals surface area (Å²) in [5.74, 6) is 0.121. The molecule has 0 spiro atoms.